The summed E-state index contributed by atoms with van der Waals surface area (Å²) < 4.78 is 26.2. The van der Waals surface area contributed by atoms with Gasteiger partial charge in [0.05, 0.1) is 12.2 Å². The van der Waals surface area contributed by atoms with Crippen LogP contribution in [0, 0.1) is 6.92 Å². The van der Waals surface area contributed by atoms with Crippen molar-refractivity contribution in [3.8, 4) is 0 Å². The Morgan fingerprint density at radius 3 is 2.83 bits per heavy atom. The third-order valence-corrected chi connectivity index (χ3v) is 5.10. The molecule has 0 unspecified atom stereocenters. The van der Waals surface area contributed by atoms with Crippen molar-refractivity contribution in [3.63, 3.8) is 0 Å². The summed E-state index contributed by atoms with van der Waals surface area (Å²) in [5.41, 5.74) is 0.832. The molecule has 9 heteroatoms. The monoisotopic (exact) mass is 286 g/mol. The van der Waals surface area contributed by atoms with Crippen LogP contribution in [0.15, 0.2) is 27.3 Å². The van der Waals surface area contributed by atoms with Gasteiger partial charge in [-0.15, -0.1) is 0 Å². The molecule has 2 aromatic heterocycles. The molecule has 0 aromatic carbocycles. The number of thiazole rings is 1. The van der Waals surface area contributed by atoms with E-state index in [-0.39, 0.29) is 10.8 Å². The Balaban J connectivity index is 2.18. The molecule has 2 N–H and O–H groups in total. The fourth-order valence-corrected chi connectivity index (χ4v) is 3.65. The first-order valence-corrected chi connectivity index (χ1v) is 7.25. The second kappa shape index (κ2) is 4.96. The second-order valence-corrected chi connectivity index (χ2v) is 6.41. The summed E-state index contributed by atoms with van der Waals surface area (Å²) in [5, 5.41) is 7.40. The summed E-state index contributed by atoms with van der Waals surface area (Å²) in [5.74, 6) is 0. The second-order valence-electron chi connectivity index (χ2n) is 3.47. The van der Waals surface area contributed by atoms with Crippen LogP contribution >= 0.6 is 11.3 Å². The first-order chi connectivity index (χ1) is 8.49. The van der Waals surface area contributed by atoms with E-state index in [1.54, 1.807) is 12.1 Å². The average molecular weight is 286 g/mol. The molecule has 7 nitrogen and oxygen atoms in total. The van der Waals surface area contributed by atoms with Gasteiger partial charge in [0.1, 0.15) is 0 Å². The Labute approximate surface area is 107 Å². The molecule has 0 saturated heterocycles. The van der Waals surface area contributed by atoms with Crippen LogP contribution in [0.5, 0.6) is 0 Å². The largest absolute Gasteiger partial charge is 0.315 e. The van der Waals surface area contributed by atoms with Gasteiger partial charge in [-0.25, -0.2) is 13.1 Å². The van der Waals surface area contributed by atoms with E-state index in [1.165, 1.54) is 13.1 Å². The van der Waals surface area contributed by atoms with Gasteiger partial charge >= 0.3 is 4.87 Å². The molecule has 0 spiro atoms. The maximum atomic E-state index is 11.9. The third-order valence-electron chi connectivity index (χ3n) is 2.10. The van der Waals surface area contributed by atoms with Gasteiger partial charge in [-0.05, 0) is 19.1 Å². The first kappa shape index (κ1) is 12.9. The number of sulfonamides is 1. The zero-order valence-corrected chi connectivity index (χ0v) is 11.0. The lowest BCUT2D eigenvalue weighted by molar-refractivity contribution is 0.581. The molecule has 2 rings (SSSR count). The minimum atomic E-state index is -3.70. The lowest BCUT2D eigenvalue weighted by Gasteiger charge is -2.04. The van der Waals surface area contributed by atoms with E-state index in [4.69, 9.17) is 0 Å². The van der Waals surface area contributed by atoms with Crippen LogP contribution < -0.4 is 9.60 Å². The fourth-order valence-electron chi connectivity index (χ4n) is 1.31. The number of aromatic nitrogens is 3. The minimum Gasteiger partial charge on any atom is -0.315 e. The lowest BCUT2D eigenvalue weighted by atomic mass is 10.4. The number of nitrogens with one attached hydrogen (secondary N) is 2. The highest BCUT2D eigenvalue weighted by Crippen LogP contribution is 2.15. The number of hydrogen-bond donors (Lipinski definition) is 2. The molecule has 18 heavy (non-hydrogen) atoms. The Morgan fingerprint density at radius 1 is 1.50 bits per heavy atom. The van der Waals surface area contributed by atoms with Crippen molar-refractivity contribution in [1.29, 1.82) is 0 Å². The predicted molar refractivity (Wildman–Crippen MR) is 65.7 cm³/mol. The van der Waals surface area contributed by atoms with Gasteiger partial charge < -0.3 is 4.98 Å². The molecule has 0 aliphatic carbocycles. The molecule has 0 fully saturated rings. The highest BCUT2D eigenvalue weighted by Gasteiger charge is 2.20. The van der Waals surface area contributed by atoms with Crippen LogP contribution in [0.4, 0.5) is 0 Å². The number of H-pyrrole nitrogens is 1. The Hall–Kier alpha value is -1.58. The molecule has 2 heterocycles. The smallest absolute Gasteiger partial charge is 0.305 e. The molecule has 0 atom stereocenters. The van der Waals surface area contributed by atoms with Crippen molar-refractivity contribution in [1.82, 2.24) is 19.9 Å². The third kappa shape index (κ3) is 2.81. The molecular weight excluding hydrogens is 276 g/mol. The highest BCUT2D eigenvalue weighted by molar-refractivity contribution is 7.91. The molecule has 0 saturated carbocycles. The summed E-state index contributed by atoms with van der Waals surface area (Å²) in [7, 11) is -3.70. The Bertz CT molecular complexity index is 690. The molecule has 2 aromatic rings. The number of aromatic amines is 1. The zero-order chi connectivity index (χ0) is 13.2. The fraction of sp³-hybridized carbons (Fsp3) is 0.222. The Morgan fingerprint density at radius 2 is 2.28 bits per heavy atom. The quantitative estimate of drug-likeness (QED) is 0.824. The summed E-state index contributed by atoms with van der Waals surface area (Å²) in [4.78, 5) is 13.1. The van der Waals surface area contributed by atoms with Crippen molar-refractivity contribution in [2.75, 3.05) is 0 Å². The maximum absolute atomic E-state index is 11.9. The van der Waals surface area contributed by atoms with Crippen LogP contribution in [0.2, 0.25) is 0 Å². The van der Waals surface area contributed by atoms with E-state index in [1.807, 2.05) is 0 Å². The van der Waals surface area contributed by atoms with Gasteiger partial charge in [-0.3, -0.25) is 4.79 Å². The van der Waals surface area contributed by atoms with Crippen molar-refractivity contribution < 1.29 is 8.42 Å². The van der Waals surface area contributed by atoms with Gasteiger partial charge in [-0.2, -0.15) is 10.2 Å². The highest BCUT2D eigenvalue weighted by atomic mass is 32.2. The topological polar surface area (TPSA) is 105 Å². The molecule has 0 bridgehead atoms. The van der Waals surface area contributed by atoms with Crippen LogP contribution in [0.3, 0.4) is 0 Å². The van der Waals surface area contributed by atoms with Crippen molar-refractivity contribution in [2.45, 2.75) is 17.7 Å². The van der Waals surface area contributed by atoms with Gasteiger partial charge in [0.25, 0.3) is 10.0 Å². The molecule has 96 valence electrons. The Kier molecular flexibility index (Phi) is 3.55. The molecule has 0 amide bonds. The summed E-state index contributed by atoms with van der Waals surface area (Å²) in [6.07, 6.45) is 1.50. The number of rotatable bonds is 4. The van der Waals surface area contributed by atoms with Gasteiger partial charge in [0.2, 0.25) is 0 Å². The van der Waals surface area contributed by atoms with Crippen molar-refractivity contribution in [2.24, 2.45) is 0 Å². The van der Waals surface area contributed by atoms with E-state index < -0.39 is 14.9 Å². The van der Waals surface area contributed by atoms with Gasteiger partial charge in [0, 0.05) is 11.9 Å². The molecule has 0 radical (unpaired) electrons. The van der Waals surface area contributed by atoms with E-state index in [2.05, 4.69) is 19.9 Å². The number of nitrogens with zero attached hydrogens (tertiary/aromatic N) is 2. The predicted octanol–water partition coefficient (Wildman–Crippen LogP) is 0.0133. The van der Waals surface area contributed by atoms with Crippen LogP contribution in [-0.2, 0) is 16.6 Å². The summed E-state index contributed by atoms with van der Waals surface area (Å²) >= 11 is 0.659. The zero-order valence-electron chi connectivity index (χ0n) is 9.37. The van der Waals surface area contributed by atoms with Crippen LogP contribution in [0.1, 0.15) is 11.4 Å². The van der Waals surface area contributed by atoms with Crippen molar-refractivity contribution >= 4 is 21.4 Å². The maximum Gasteiger partial charge on any atom is 0.305 e. The van der Waals surface area contributed by atoms with E-state index >= 15 is 0 Å². The lowest BCUT2D eigenvalue weighted by Crippen LogP contribution is -2.23. The van der Waals surface area contributed by atoms with E-state index in [9.17, 15) is 13.2 Å². The van der Waals surface area contributed by atoms with E-state index in [0.29, 0.717) is 22.7 Å². The summed E-state index contributed by atoms with van der Waals surface area (Å²) in [6, 6.07) is 3.32. The van der Waals surface area contributed by atoms with Crippen LogP contribution in [-0.4, -0.2) is 23.6 Å². The normalized spacial score (nSPS) is 11.6. The molecule has 0 aliphatic heterocycles. The van der Waals surface area contributed by atoms with Crippen molar-refractivity contribution in [3.05, 3.63) is 39.4 Å². The number of hydrogen-bond acceptors (Lipinski definition) is 6. The average Bonchev–Trinajstić information content (AvgIpc) is 2.68. The first-order valence-electron chi connectivity index (χ1n) is 4.95. The van der Waals surface area contributed by atoms with E-state index in [0.717, 1.165) is 0 Å². The molecular formula is C9H10N4O3S2. The van der Waals surface area contributed by atoms with Gasteiger partial charge in [-0.1, -0.05) is 11.3 Å². The molecule has 0 aliphatic rings. The van der Waals surface area contributed by atoms with Crippen LogP contribution in [0.25, 0.3) is 0 Å². The summed E-state index contributed by atoms with van der Waals surface area (Å²) in [6.45, 7) is 1.57. The van der Waals surface area contributed by atoms with Gasteiger partial charge in [0.15, 0.2) is 4.21 Å². The SMILES string of the molecule is Cc1[nH]c(=O)sc1S(=O)(=O)NCc1cccnn1. The minimum absolute atomic E-state index is 0.00334. The number of aryl methyl sites for hydroxylation is 1. The standard InChI is InChI=1S/C9H10N4O3S2/c1-6-8(17-9(14)12-6)18(15,16)11-5-7-3-2-4-10-13-7/h2-4,11H,5H2,1H3,(H,12,14).